The molecule has 1 aromatic heterocycles. The molecule has 1 aromatic carbocycles. The molecule has 0 aliphatic heterocycles. The van der Waals surface area contributed by atoms with Crippen molar-refractivity contribution in [2.75, 3.05) is 6.54 Å². The topological polar surface area (TPSA) is 59.2 Å². The number of carbonyl (C=O) groups excluding carboxylic acids is 1. The van der Waals surface area contributed by atoms with E-state index in [1.807, 2.05) is 49.4 Å². The first-order valence-electron chi connectivity index (χ1n) is 6.72. The molecule has 0 atom stereocenters. The van der Waals surface area contributed by atoms with Crippen LogP contribution in [-0.2, 0) is 13.1 Å². The van der Waals surface area contributed by atoms with Crippen molar-refractivity contribution in [1.29, 1.82) is 0 Å². The average molecular weight is 269 g/mol. The van der Waals surface area contributed by atoms with Crippen LogP contribution in [0.4, 0.5) is 0 Å². The lowest BCUT2D eigenvalue weighted by Gasteiger charge is -2.20. The molecule has 0 radical (unpaired) electrons. The third kappa shape index (κ3) is 3.42. The Labute approximate surface area is 119 Å². The van der Waals surface area contributed by atoms with Gasteiger partial charge in [0.1, 0.15) is 0 Å². The first-order chi connectivity index (χ1) is 9.74. The van der Waals surface area contributed by atoms with E-state index in [9.17, 15) is 4.79 Å². The number of pyridine rings is 1. The zero-order valence-corrected chi connectivity index (χ0v) is 11.6. The number of carbonyl (C=O) groups is 1. The van der Waals surface area contributed by atoms with Crippen molar-refractivity contribution in [1.82, 2.24) is 9.88 Å². The fraction of sp³-hybridized carbons (Fsp3) is 0.250. The number of nitrogens with two attached hydrogens (primary N) is 1. The highest BCUT2D eigenvalue weighted by atomic mass is 16.2. The molecular weight excluding hydrogens is 250 g/mol. The van der Waals surface area contributed by atoms with Gasteiger partial charge in [0.05, 0.1) is 12.2 Å². The second kappa shape index (κ2) is 6.82. The minimum Gasteiger partial charge on any atom is -0.333 e. The van der Waals surface area contributed by atoms with Crippen LogP contribution in [0.15, 0.2) is 48.7 Å². The molecule has 0 spiro atoms. The van der Waals surface area contributed by atoms with Crippen molar-refractivity contribution in [3.05, 3.63) is 65.5 Å². The smallest absolute Gasteiger partial charge is 0.254 e. The van der Waals surface area contributed by atoms with Gasteiger partial charge in [0, 0.05) is 24.8 Å². The quantitative estimate of drug-likeness (QED) is 0.905. The maximum absolute atomic E-state index is 12.5. The molecule has 0 saturated carbocycles. The Hall–Kier alpha value is -2.20. The monoisotopic (exact) mass is 269 g/mol. The Morgan fingerprint density at radius 3 is 2.75 bits per heavy atom. The van der Waals surface area contributed by atoms with Crippen molar-refractivity contribution in [2.45, 2.75) is 20.0 Å². The summed E-state index contributed by atoms with van der Waals surface area (Å²) in [5, 5.41) is 0. The number of rotatable bonds is 5. The average Bonchev–Trinajstić information content (AvgIpc) is 2.53. The minimum absolute atomic E-state index is 0.00783. The van der Waals surface area contributed by atoms with Gasteiger partial charge in [-0.3, -0.25) is 9.78 Å². The molecule has 1 heterocycles. The van der Waals surface area contributed by atoms with E-state index in [-0.39, 0.29) is 5.91 Å². The molecule has 2 aromatic rings. The van der Waals surface area contributed by atoms with Crippen LogP contribution in [0.25, 0.3) is 0 Å². The summed E-state index contributed by atoms with van der Waals surface area (Å²) >= 11 is 0. The Kier molecular flexibility index (Phi) is 4.85. The summed E-state index contributed by atoms with van der Waals surface area (Å²) < 4.78 is 0. The Morgan fingerprint density at radius 2 is 2.10 bits per heavy atom. The molecule has 0 aliphatic rings. The van der Waals surface area contributed by atoms with Gasteiger partial charge >= 0.3 is 0 Å². The SMILES string of the molecule is CCN(Cc1ccccn1)C(=O)c1cccc(CN)c1. The van der Waals surface area contributed by atoms with Crippen molar-refractivity contribution in [2.24, 2.45) is 5.73 Å². The van der Waals surface area contributed by atoms with E-state index in [4.69, 9.17) is 5.73 Å². The normalized spacial score (nSPS) is 10.3. The predicted molar refractivity (Wildman–Crippen MR) is 79.0 cm³/mol. The first kappa shape index (κ1) is 14.2. The maximum atomic E-state index is 12.5. The third-order valence-corrected chi connectivity index (χ3v) is 3.16. The van der Waals surface area contributed by atoms with Gasteiger partial charge in [0.15, 0.2) is 0 Å². The summed E-state index contributed by atoms with van der Waals surface area (Å²) in [7, 11) is 0. The largest absolute Gasteiger partial charge is 0.333 e. The van der Waals surface area contributed by atoms with E-state index < -0.39 is 0 Å². The Balaban J connectivity index is 2.16. The van der Waals surface area contributed by atoms with Gasteiger partial charge in [0.25, 0.3) is 5.91 Å². The summed E-state index contributed by atoms with van der Waals surface area (Å²) in [6.07, 6.45) is 1.74. The fourth-order valence-electron chi connectivity index (χ4n) is 2.03. The molecule has 0 bridgehead atoms. The summed E-state index contributed by atoms with van der Waals surface area (Å²) in [4.78, 5) is 18.5. The second-order valence-corrected chi connectivity index (χ2v) is 4.54. The lowest BCUT2D eigenvalue weighted by atomic mass is 10.1. The molecule has 0 aliphatic carbocycles. The predicted octanol–water partition coefficient (Wildman–Crippen LogP) is 2.20. The standard InChI is InChI=1S/C16H19N3O/c1-2-19(12-15-8-3-4-9-18-15)16(20)14-7-5-6-13(10-14)11-17/h3-10H,2,11-12,17H2,1H3. The van der Waals surface area contributed by atoms with Crippen LogP contribution in [0.5, 0.6) is 0 Å². The number of aromatic nitrogens is 1. The van der Waals surface area contributed by atoms with Crippen molar-refractivity contribution < 1.29 is 4.79 Å². The van der Waals surface area contributed by atoms with Gasteiger partial charge in [-0.15, -0.1) is 0 Å². The van der Waals surface area contributed by atoms with Crippen LogP contribution in [0.1, 0.15) is 28.5 Å². The van der Waals surface area contributed by atoms with Crippen LogP contribution >= 0.6 is 0 Å². The second-order valence-electron chi connectivity index (χ2n) is 4.54. The van der Waals surface area contributed by atoms with Gasteiger partial charge < -0.3 is 10.6 Å². The molecule has 0 fully saturated rings. The molecular formula is C16H19N3O. The molecule has 2 N–H and O–H groups in total. The number of hydrogen-bond acceptors (Lipinski definition) is 3. The van der Waals surface area contributed by atoms with Gasteiger partial charge in [-0.1, -0.05) is 18.2 Å². The van der Waals surface area contributed by atoms with Crippen molar-refractivity contribution in [3.63, 3.8) is 0 Å². The van der Waals surface area contributed by atoms with E-state index in [1.165, 1.54) is 0 Å². The van der Waals surface area contributed by atoms with E-state index in [1.54, 1.807) is 11.1 Å². The van der Waals surface area contributed by atoms with E-state index in [0.717, 1.165) is 11.3 Å². The number of hydrogen-bond donors (Lipinski definition) is 1. The van der Waals surface area contributed by atoms with Gasteiger partial charge in [-0.2, -0.15) is 0 Å². The summed E-state index contributed by atoms with van der Waals surface area (Å²) in [6, 6.07) is 13.2. The van der Waals surface area contributed by atoms with Crippen LogP contribution in [0, 0.1) is 0 Å². The van der Waals surface area contributed by atoms with Crippen LogP contribution in [-0.4, -0.2) is 22.3 Å². The fourth-order valence-corrected chi connectivity index (χ4v) is 2.03. The summed E-state index contributed by atoms with van der Waals surface area (Å²) in [6.45, 7) is 3.56. The summed E-state index contributed by atoms with van der Waals surface area (Å²) in [5.41, 5.74) is 8.14. The number of amides is 1. The molecule has 2 rings (SSSR count). The van der Waals surface area contributed by atoms with E-state index >= 15 is 0 Å². The van der Waals surface area contributed by atoms with Crippen LogP contribution < -0.4 is 5.73 Å². The zero-order chi connectivity index (χ0) is 14.4. The van der Waals surface area contributed by atoms with Crippen molar-refractivity contribution in [3.8, 4) is 0 Å². The Bertz CT molecular complexity index is 569. The molecule has 1 amide bonds. The van der Waals surface area contributed by atoms with Crippen LogP contribution in [0.2, 0.25) is 0 Å². The number of nitrogens with zero attached hydrogens (tertiary/aromatic N) is 2. The lowest BCUT2D eigenvalue weighted by Crippen LogP contribution is -2.30. The molecule has 0 unspecified atom stereocenters. The highest BCUT2D eigenvalue weighted by Gasteiger charge is 2.15. The lowest BCUT2D eigenvalue weighted by molar-refractivity contribution is 0.0750. The molecule has 20 heavy (non-hydrogen) atoms. The van der Waals surface area contributed by atoms with Crippen molar-refractivity contribution >= 4 is 5.91 Å². The first-order valence-corrected chi connectivity index (χ1v) is 6.72. The van der Waals surface area contributed by atoms with Gasteiger partial charge in [-0.25, -0.2) is 0 Å². The van der Waals surface area contributed by atoms with E-state index in [2.05, 4.69) is 4.98 Å². The Morgan fingerprint density at radius 1 is 1.25 bits per heavy atom. The molecule has 4 heteroatoms. The van der Waals surface area contributed by atoms with Gasteiger partial charge in [0.2, 0.25) is 0 Å². The van der Waals surface area contributed by atoms with Crippen LogP contribution in [0.3, 0.4) is 0 Å². The zero-order valence-electron chi connectivity index (χ0n) is 11.6. The molecule has 4 nitrogen and oxygen atoms in total. The maximum Gasteiger partial charge on any atom is 0.254 e. The molecule has 0 saturated heterocycles. The minimum atomic E-state index is 0.00783. The summed E-state index contributed by atoms with van der Waals surface area (Å²) in [5.74, 6) is 0.00783. The van der Waals surface area contributed by atoms with Gasteiger partial charge in [-0.05, 0) is 36.8 Å². The molecule has 104 valence electrons. The van der Waals surface area contributed by atoms with E-state index in [0.29, 0.717) is 25.2 Å². The highest BCUT2D eigenvalue weighted by Crippen LogP contribution is 2.10. The number of benzene rings is 1. The third-order valence-electron chi connectivity index (χ3n) is 3.16. The highest BCUT2D eigenvalue weighted by molar-refractivity contribution is 5.94.